The maximum atomic E-state index is 13.6. The fourth-order valence-electron chi connectivity index (χ4n) is 4.54. The smallest absolute Gasteiger partial charge is 0.319 e. The molecule has 0 saturated carbocycles. The molecule has 2 aromatic rings. The van der Waals surface area contributed by atoms with Crippen LogP contribution >= 0.6 is 23.2 Å². The Morgan fingerprint density at radius 1 is 1.20 bits per heavy atom. The first-order valence-corrected chi connectivity index (χ1v) is 11.2. The van der Waals surface area contributed by atoms with Crippen LogP contribution in [-0.2, 0) is 6.54 Å². The van der Waals surface area contributed by atoms with Crippen LogP contribution in [0.5, 0.6) is 0 Å². The number of rotatable bonds is 5. The van der Waals surface area contributed by atoms with Gasteiger partial charge in [-0.1, -0.05) is 79.5 Å². The van der Waals surface area contributed by atoms with Gasteiger partial charge < -0.3 is 10.2 Å². The van der Waals surface area contributed by atoms with Crippen LogP contribution in [0.4, 0.5) is 4.79 Å². The number of hydrogen-bond acceptors (Lipinski definition) is 2. The van der Waals surface area contributed by atoms with Crippen molar-refractivity contribution in [2.45, 2.75) is 52.4 Å². The van der Waals surface area contributed by atoms with Crippen molar-refractivity contribution in [1.82, 2.24) is 15.1 Å². The lowest BCUT2D eigenvalue weighted by atomic mass is 9.80. The Morgan fingerprint density at radius 3 is 2.57 bits per heavy atom. The molecule has 1 N–H and O–H groups in total. The van der Waals surface area contributed by atoms with Gasteiger partial charge in [0.25, 0.3) is 0 Å². The molecule has 0 spiro atoms. The Bertz CT molecular complexity index is 872. The van der Waals surface area contributed by atoms with E-state index in [1.165, 1.54) is 0 Å². The molecule has 1 heterocycles. The van der Waals surface area contributed by atoms with E-state index in [9.17, 15) is 4.79 Å². The number of nitrogens with one attached hydrogen (secondary N) is 1. The summed E-state index contributed by atoms with van der Waals surface area (Å²) < 4.78 is 0. The second-order valence-electron chi connectivity index (χ2n) is 8.87. The van der Waals surface area contributed by atoms with E-state index in [4.69, 9.17) is 23.2 Å². The molecular weight excluding hydrogens is 417 g/mol. The van der Waals surface area contributed by atoms with Gasteiger partial charge in [-0.25, -0.2) is 4.79 Å². The minimum Gasteiger partial charge on any atom is -0.331 e. The molecule has 3 rings (SSSR count). The highest BCUT2D eigenvalue weighted by molar-refractivity contribution is 6.42. The fourth-order valence-corrected chi connectivity index (χ4v) is 5.01. The van der Waals surface area contributed by atoms with Gasteiger partial charge in [-0.05, 0) is 56.0 Å². The third-order valence-corrected chi connectivity index (χ3v) is 6.82. The van der Waals surface area contributed by atoms with Gasteiger partial charge in [-0.3, -0.25) is 4.90 Å². The molecule has 0 radical (unpaired) electrons. The SMILES string of the molecule is CC(NC(=O)N(Cc1ccccc1)C1N(C)CCCC1(C)C)c1cccc(Cl)c1Cl. The Kier molecular flexibility index (Phi) is 7.33. The zero-order valence-electron chi connectivity index (χ0n) is 18.2. The molecule has 1 saturated heterocycles. The summed E-state index contributed by atoms with van der Waals surface area (Å²) in [5, 5.41) is 4.13. The lowest BCUT2D eigenvalue weighted by molar-refractivity contribution is -0.0373. The predicted molar refractivity (Wildman–Crippen MR) is 125 cm³/mol. The predicted octanol–water partition coefficient (Wildman–Crippen LogP) is 6.34. The summed E-state index contributed by atoms with van der Waals surface area (Å²) in [6.45, 7) is 7.95. The summed E-state index contributed by atoms with van der Waals surface area (Å²) in [6.07, 6.45) is 2.21. The molecule has 0 aromatic heterocycles. The molecule has 6 heteroatoms. The highest BCUT2D eigenvalue weighted by Crippen LogP contribution is 2.37. The molecule has 2 amide bonds. The van der Waals surface area contributed by atoms with E-state index in [1.807, 2.05) is 42.2 Å². The van der Waals surface area contributed by atoms with E-state index in [2.05, 4.69) is 43.2 Å². The molecule has 0 aliphatic carbocycles. The summed E-state index contributed by atoms with van der Waals surface area (Å²) in [6, 6.07) is 15.3. The summed E-state index contributed by atoms with van der Waals surface area (Å²) in [7, 11) is 2.11. The Morgan fingerprint density at radius 2 is 1.90 bits per heavy atom. The van der Waals surface area contributed by atoms with Gasteiger partial charge in [0, 0.05) is 6.54 Å². The summed E-state index contributed by atoms with van der Waals surface area (Å²) in [4.78, 5) is 17.8. The summed E-state index contributed by atoms with van der Waals surface area (Å²) in [5.41, 5.74) is 1.90. The number of urea groups is 1. The van der Waals surface area contributed by atoms with Gasteiger partial charge in [-0.2, -0.15) is 0 Å². The molecule has 0 bridgehead atoms. The van der Waals surface area contributed by atoms with E-state index in [-0.39, 0.29) is 23.7 Å². The molecule has 1 aliphatic heterocycles. The summed E-state index contributed by atoms with van der Waals surface area (Å²) >= 11 is 12.6. The number of amides is 2. The number of likely N-dealkylation sites (tertiary alicyclic amines) is 1. The van der Waals surface area contributed by atoms with Crippen LogP contribution in [-0.4, -0.2) is 35.6 Å². The van der Waals surface area contributed by atoms with Gasteiger partial charge >= 0.3 is 6.03 Å². The minimum atomic E-state index is -0.265. The van der Waals surface area contributed by atoms with Gasteiger partial charge in [0.1, 0.15) is 0 Å². The van der Waals surface area contributed by atoms with Crippen molar-refractivity contribution in [3.8, 4) is 0 Å². The van der Waals surface area contributed by atoms with Crippen LogP contribution in [0.3, 0.4) is 0 Å². The number of benzene rings is 2. The second-order valence-corrected chi connectivity index (χ2v) is 9.66. The largest absolute Gasteiger partial charge is 0.331 e. The number of carbonyl (C=O) groups excluding carboxylic acids is 1. The number of carbonyl (C=O) groups is 1. The Balaban J connectivity index is 1.89. The van der Waals surface area contributed by atoms with Crippen LogP contribution in [0.25, 0.3) is 0 Å². The number of piperidine rings is 1. The van der Waals surface area contributed by atoms with E-state index in [1.54, 1.807) is 6.07 Å². The second kappa shape index (κ2) is 9.59. The normalized spacial score (nSPS) is 19.9. The highest BCUT2D eigenvalue weighted by atomic mass is 35.5. The molecule has 2 aromatic carbocycles. The molecule has 162 valence electrons. The van der Waals surface area contributed by atoms with Crippen molar-refractivity contribution in [3.63, 3.8) is 0 Å². The first-order chi connectivity index (χ1) is 14.2. The standard InChI is InChI=1S/C24H31Cl2N3O/c1-17(19-12-8-13-20(25)21(19)26)27-23(30)29(16-18-10-6-5-7-11-18)22-24(2,3)14-9-15-28(22)4/h5-8,10-13,17,22H,9,14-16H2,1-4H3,(H,27,30). The first-order valence-electron chi connectivity index (χ1n) is 10.5. The highest BCUT2D eigenvalue weighted by Gasteiger charge is 2.42. The monoisotopic (exact) mass is 447 g/mol. The van der Waals surface area contributed by atoms with E-state index in [0.29, 0.717) is 16.6 Å². The molecule has 1 fully saturated rings. The zero-order valence-corrected chi connectivity index (χ0v) is 19.7. The van der Waals surface area contributed by atoms with Crippen LogP contribution < -0.4 is 5.32 Å². The number of hydrogen-bond donors (Lipinski definition) is 1. The van der Waals surface area contributed by atoms with Crippen molar-refractivity contribution >= 4 is 29.2 Å². The Hall–Kier alpha value is -1.75. The number of nitrogens with zero attached hydrogens (tertiary/aromatic N) is 2. The van der Waals surface area contributed by atoms with Crippen molar-refractivity contribution < 1.29 is 4.79 Å². The van der Waals surface area contributed by atoms with Gasteiger partial charge in [0.15, 0.2) is 0 Å². The van der Waals surface area contributed by atoms with Crippen molar-refractivity contribution in [2.24, 2.45) is 5.41 Å². The summed E-state index contributed by atoms with van der Waals surface area (Å²) in [5.74, 6) is 0. The third-order valence-electron chi connectivity index (χ3n) is 5.99. The maximum Gasteiger partial charge on any atom is 0.319 e. The van der Waals surface area contributed by atoms with Crippen molar-refractivity contribution in [2.75, 3.05) is 13.6 Å². The van der Waals surface area contributed by atoms with E-state index < -0.39 is 0 Å². The van der Waals surface area contributed by atoms with E-state index in [0.717, 1.165) is 30.5 Å². The Labute approximate surface area is 190 Å². The lowest BCUT2D eigenvalue weighted by Crippen LogP contribution is -2.60. The van der Waals surface area contributed by atoms with Gasteiger partial charge in [-0.15, -0.1) is 0 Å². The van der Waals surface area contributed by atoms with E-state index >= 15 is 0 Å². The van der Waals surface area contributed by atoms with Crippen molar-refractivity contribution in [1.29, 1.82) is 0 Å². The number of halogens is 2. The molecule has 2 unspecified atom stereocenters. The van der Waals surface area contributed by atoms with Gasteiger partial charge in [0.05, 0.1) is 22.3 Å². The van der Waals surface area contributed by atoms with Crippen LogP contribution in [0.15, 0.2) is 48.5 Å². The van der Waals surface area contributed by atoms with Crippen molar-refractivity contribution in [3.05, 3.63) is 69.7 Å². The fraction of sp³-hybridized carbons (Fsp3) is 0.458. The lowest BCUT2D eigenvalue weighted by Gasteiger charge is -2.50. The first kappa shape index (κ1) is 22.9. The average molecular weight is 448 g/mol. The average Bonchev–Trinajstić information content (AvgIpc) is 2.69. The minimum absolute atomic E-state index is 0.00603. The molecule has 30 heavy (non-hydrogen) atoms. The third kappa shape index (κ3) is 5.11. The zero-order chi connectivity index (χ0) is 21.9. The molecule has 1 aliphatic rings. The van der Waals surface area contributed by atoms with Crippen LogP contribution in [0.1, 0.15) is 50.8 Å². The molecule has 2 atom stereocenters. The molecule has 4 nitrogen and oxygen atoms in total. The van der Waals surface area contributed by atoms with Crippen LogP contribution in [0.2, 0.25) is 10.0 Å². The molecular formula is C24H31Cl2N3O. The quantitative estimate of drug-likeness (QED) is 0.579. The van der Waals surface area contributed by atoms with Crippen LogP contribution in [0, 0.1) is 5.41 Å². The van der Waals surface area contributed by atoms with Gasteiger partial charge in [0.2, 0.25) is 0 Å². The topological polar surface area (TPSA) is 35.6 Å². The maximum absolute atomic E-state index is 13.6.